The summed E-state index contributed by atoms with van der Waals surface area (Å²) in [4.78, 5) is 2.43. The minimum absolute atomic E-state index is 0.213. The number of fused-ring (bicyclic) bond motifs is 1. The second-order valence-electron chi connectivity index (χ2n) is 5.81. The highest BCUT2D eigenvalue weighted by Crippen LogP contribution is 2.25. The molecule has 1 aliphatic rings. The number of benzene rings is 1. The first kappa shape index (κ1) is 14.6. The van der Waals surface area contributed by atoms with E-state index in [9.17, 15) is 0 Å². The Labute approximate surface area is 126 Å². The van der Waals surface area contributed by atoms with Gasteiger partial charge in [-0.2, -0.15) is 0 Å². The lowest BCUT2D eigenvalue weighted by atomic mass is 10.1. The first-order valence-electron chi connectivity index (χ1n) is 7.71. The maximum Gasteiger partial charge on any atom is 0.134 e. The zero-order valence-electron chi connectivity index (χ0n) is 12.8. The molecule has 0 spiro atoms. The van der Waals surface area contributed by atoms with E-state index in [0.29, 0.717) is 6.04 Å². The lowest BCUT2D eigenvalue weighted by molar-refractivity contribution is 0.0397. The average Bonchev–Trinajstić information content (AvgIpc) is 2.97. The highest BCUT2D eigenvalue weighted by Gasteiger charge is 2.23. The van der Waals surface area contributed by atoms with Crippen LogP contribution in [0.4, 0.5) is 0 Å². The lowest BCUT2D eigenvalue weighted by Gasteiger charge is -2.33. The van der Waals surface area contributed by atoms with Crippen molar-refractivity contribution >= 4 is 11.0 Å². The summed E-state index contributed by atoms with van der Waals surface area (Å²) in [6.45, 7) is 2.70. The fraction of sp³-hybridized carbons (Fsp3) is 0.529. The summed E-state index contributed by atoms with van der Waals surface area (Å²) in [5.74, 6) is 1.01. The van der Waals surface area contributed by atoms with Crippen LogP contribution in [0.15, 0.2) is 34.7 Å². The van der Waals surface area contributed by atoms with Gasteiger partial charge in [-0.15, -0.1) is 0 Å². The number of rotatable bonds is 5. The maximum atomic E-state index is 6.00. The van der Waals surface area contributed by atoms with E-state index in [4.69, 9.17) is 9.15 Å². The van der Waals surface area contributed by atoms with Gasteiger partial charge in [-0.1, -0.05) is 18.2 Å². The van der Waals surface area contributed by atoms with Gasteiger partial charge in [0, 0.05) is 31.2 Å². The molecule has 0 radical (unpaired) electrons. The molecule has 2 aromatic rings. The van der Waals surface area contributed by atoms with Gasteiger partial charge in [-0.05, 0) is 39.1 Å². The molecule has 0 bridgehead atoms. The van der Waals surface area contributed by atoms with Crippen molar-refractivity contribution in [2.24, 2.45) is 0 Å². The molecule has 0 aliphatic carbocycles. The van der Waals surface area contributed by atoms with Crippen LogP contribution in [-0.4, -0.2) is 44.8 Å². The first-order valence-corrected chi connectivity index (χ1v) is 7.71. The average molecular weight is 288 g/mol. The van der Waals surface area contributed by atoms with E-state index in [1.54, 1.807) is 0 Å². The van der Waals surface area contributed by atoms with E-state index in [2.05, 4.69) is 29.4 Å². The summed E-state index contributed by atoms with van der Waals surface area (Å²) in [6.07, 6.45) is 2.24. The van der Waals surface area contributed by atoms with Crippen LogP contribution in [0.2, 0.25) is 0 Å². The number of ether oxygens (including phenoxy) is 1. The second kappa shape index (κ2) is 6.60. The van der Waals surface area contributed by atoms with Crippen molar-refractivity contribution in [2.45, 2.75) is 24.9 Å². The number of hydrogen-bond donors (Lipinski definition) is 1. The fourth-order valence-corrected chi connectivity index (χ4v) is 3.06. The van der Waals surface area contributed by atoms with Crippen LogP contribution in [0.25, 0.3) is 11.0 Å². The van der Waals surface area contributed by atoms with Gasteiger partial charge in [0.05, 0.1) is 6.04 Å². The van der Waals surface area contributed by atoms with Crippen molar-refractivity contribution in [3.05, 3.63) is 36.1 Å². The molecule has 0 amide bonds. The maximum absolute atomic E-state index is 6.00. The van der Waals surface area contributed by atoms with Crippen molar-refractivity contribution in [1.29, 1.82) is 0 Å². The van der Waals surface area contributed by atoms with Crippen molar-refractivity contribution in [3.63, 3.8) is 0 Å². The van der Waals surface area contributed by atoms with Gasteiger partial charge in [0.1, 0.15) is 11.3 Å². The zero-order chi connectivity index (χ0) is 14.7. The fourth-order valence-electron chi connectivity index (χ4n) is 3.06. The monoisotopic (exact) mass is 288 g/mol. The van der Waals surface area contributed by atoms with E-state index in [1.165, 1.54) is 5.39 Å². The quantitative estimate of drug-likeness (QED) is 0.918. The van der Waals surface area contributed by atoms with E-state index in [-0.39, 0.29) is 6.04 Å². The molecule has 1 N–H and O–H groups in total. The predicted molar refractivity (Wildman–Crippen MR) is 84.5 cm³/mol. The van der Waals surface area contributed by atoms with Crippen molar-refractivity contribution < 1.29 is 9.15 Å². The lowest BCUT2D eigenvalue weighted by Crippen LogP contribution is -2.41. The summed E-state index contributed by atoms with van der Waals surface area (Å²) in [5.41, 5.74) is 0.960. The Balaban J connectivity index is 1.71. The highest BCUT2D eigenvalue weighted by atomic mass is 16.5. The number of furan rings is 1. The normalized spacial score (nSPS) is 18.4. The molecule has 2 heterocycles. The molecular formula is C17H24N2O2. The minimum Gasteiger partial charge on any atom is -0.459 e. The SMILES string of the molecule is CNC(CN(C)C1CCOCC1)c1cc2ccccc2o1. The minimum atomic E-state index is 0.213. The third kappa shape index (κ3) is 3.28. The molecule has 1 saturated heterocycles. The molecule has 1 aromatic heterocycles. The molecule has 1 aromatic carbocycles. The van der Waals surface area contributed by atoms with E-state index >= 15 is 0 Å². The Kier molecular flexibility index (Phi) is 4.58. The van der Waals surface area contributed by atoms with Crippen molar-refractivity contribution in [1.82, 2.24) is 10.2 Å². The summed E-state index contributed by atoms with van der Waals surface area (Å²) in [5, 5.41) is 4.55. The highest BCUT2D eigenvalue weighted by molar-refractivity contribution is 5.77. The number of likely N-dealkylation sites (N-methyl/N-ethyl adjacent to an activating group) is 2. The van der Waals surface area contributed by atoms with E-state index < -0.39 is 0 Å². The first-order chi connectivity index (χ1) is 10.3. The molecule has 114 valence electrons. The van der Waals surface area contributed by atoms with Crippen LogP contribution in [0.5, 0.6) is 0 Å². The molecule has 21 heavy (non-hydrogen) atoms. The van der Waals surface area contributed by atoms with Gasteiger partial charge < -0.3 is 19.4 Å². The molecule has 1 aliphatic heterocycles. The molecule has 4 nitrogen and oxygen atoms in total. The Morgan fingerprint density at radius 2 is 2.05 bits per heavy atom. The van der Waals surface area contributed by atoms with Gasteiger partial charge in [-0.25, -0.2) is 0 Å². The van der Waals surface area contributed by atoms with Crippen LogP contribution in [0.1, 0.15) is 24.6 Å². The van der Waals surface area contributed by atoms with Crippen LogP contribution >= 0.6 is 0 Å². The van der Waals surface area contributed by atoms with Crippen LogP contribution in [0.3, 0.4) is 0 Å². The molecule has 1 unspecified atom stereocenters. The smallest absolute Gasteiger partial charge is 0.134 e. The third-order valence-corrected chi connectivity index (χ3v) is 4.42. The standard InChI is InChI=1S/C17H24N2O2/c1-18-15(12-19(2)14-7-9-20-10-8-14)17-11-13-5-3-4-6-16(13)21-17/h3-6,11,14-15,18H,7-10,12H2,1-2H3. The van der Waals surface area contributed by atoms with Gasteiger partial charge in [0.25, 0.3) is 0 Å². The summed E-state index contributed by atoms with van der Waals surface area (Å²) < 4.78 is 11.4. The van der Waals surface area contributed by atoms with E-state index in [0.717, 1.165) is 43.9 Å². The number of para-hydroxylation sites is 1. The van der Waals surface area contributed by atoms with Gasteiger partial charge in [0.15, 0.2) is 0 Å². The molecule has 4 heteroatoms. The molecule has 1 fully saturated rings. The van der Waals surface area contributed by atoms with Crippen molar-refractivity contribution in [3.8, 4) is 0 Å². The van der Waals surface area contributed by atoms with Crippen LogP contribution in [-0.2, 0) is 4.74 Å². The Hall–Kier alpha value is -1.36. The predicted octanol–water partition coefficient (Wildman–Crippen LogP) is 2.80. The molecule has 1 atom stereocenters. The van der Waals surface area contributed by atoms with Crippen LogP contribution < -0.4 is 5.32 Å². The molecule has 3 rings (SSSR count). The number of hydrogen-bond acceptors (Lipinski definition) is 4. The number of nitrogens with zero attached hydrogens (tertiary/aromatic N) is 1. The topological polar surface area (TPSA) is 37.6 Å². The number of nitrogens with one attached hydrogen (secondary N) is 1. The van der Waals surface area contributed by atoms with Crippen molar-refractivity contribution in [2.75, 3.05) is 33.9 Å². The Morgan fingerprint density at radius 1 is 1.29 bits per heavy atom. The van der Waals surface area contributed by atoms with Gasteiger partial charge in [0.2, 0.25) is 0 Å². The zero-order valence-corrected chi connectivity index (χ0v) is 12.8. The molecule has 0 saturated carbocycles. The van der Waals surface area contributed by atoms with Gasteiger partial charge >= 0.3 is 0 Å². The largest absolute Gasteiger partial charge is 0.459 e. The third-order valence-electron chi connectivity index (χ3n) is 4.42. The summed E-state index contributed by atoms with van der Waals surface area (Å²) >= 11 is 0. The Bertz CT molecular complexity index is 542. The molecular weight excluding hydrogens is 264 g/mol. The summed E-state index contributed by atoms with van der Waals surface area (Å²) in [6, 6.07) is 11.1. The van der Waals surface area contributed by atoms with Gasteiger partial charge in [-0.3, -0.25) is 0 Å². The second-order valence-corrected chi connectivity index (χ2v) is 5.81. The summed E-state index contributed by atoms with van der Waals surface area (Å²) in [7, 11) is 4.19. The Morgan fingerprint density at radius 3 is 2.76 bits per heavy atom. The van der Waals surface area contributed by atoms with Crippen LogP contribution in [0, 0.1) is 0 Å². The van der Waals surface area contributed by atoms with E-state index in [1.807, 2.05) is 25.2 Å².